The topological polar surface area (TPSA) is 37.8 Å². The maximum atomic E-state index is 12.8. The molecule has 1 N–H and O–H groups in total. The Kier molecular flexibility index (Phi) is 2.83. The van der Waals surface area contributed by atoms with Gasteiger partial charge in [-0.15, -0.1) is 11.3 Å². The minimum absolute atomic E-state index is 0.283. The van der Waals surface area contributed by atoms with Gasteiger partial charge >= 0.3 is 6.08 Å². The van der Waals surface area contributed by atoms with Gasteiger partial charge in [0.05, 0.1) is 11.9 Å². The lowest BCUT2D eigenvalue weighted by Gasteiger charge is -2.05. The monoisotopic (exact) mass is 243 g/mol. The van der Waals surface area contributed by atoms with Crippen LogP contribution >= 0.6 is 22.9 Å². The zero-order valence-corrected chi connectivity index (χ0v) is 9.36. The first-order valence-corrected chi connectivity index (χ1v) is 5.47. The van der Waals surface area contributed by atoms with Crippen LogP contribution in [0.5, 0.6) is 0 Å². The van der Waals surface area contributed by atoms with Crippen LogP contribution in [0.3, 0.4) is 0 Å². The molecule has 2 aromatic heterocycles. The van der Waals surface area contributed by atoms with Gasteiger partial charge in [0, 0.05) is 5.38 Å². The van der Waals surface area contributed by atoms with E-state index >= 15 is 0 Å². The molecule has 0 saturated carbocycles. The highest BCUT2D eigenvalue weighted by Gasteiger charge is 2.07. The van der Waals surface area contributed by atoms with Gasteiger partial charge in [0.15, 0.2) is 5.82 Å². The molecule has 0 unspecified atom stereocenters. The lowest BCUT2D eigenvalue weighted by atomic mass is 10.3. The molecule has 2 aromatic rings. The highest BCUT2D eigenvalue weighted by atomic mass is 35.5. The molecule has 0 radical (unpaired) electrons. The summed E-state index contributed by atoms with van der Waals surface area (Å²) in [7, 11) is 0. The molecule has 78 valence electrons. The van der Waals surface area contributed by atoms with Gasteiger partial charge in [-0.25, -0.2) is 4.98 Å². The second-order valence-electron chi connectivity index (χ2n) is 2.93. The number of hydrogen-bond acceptors (Lipinski definition) is 4. The Balaban J connectivity index is 2.32. The molecular weight excluding hydrogens is 237 g/mol. The first kappa shape index (κ1) is 10.3. The van der Waals surface area contributed by atoms with Gasteiger partial charge in [-0.05, 0) is 17.9 Å². The summed E-state index contributed by atoms with van der Waals surface area (Å²) in [5.41, 5.74) is 1.94. The highest BCUT2D eigenvalue weighted by Crippen LogP contribution is 2.26. The molecule has 0 fully saturated rings. The van der Waals surface area contributed by atoms with Crippen LogP contribution in [0.4, 0.5) is 15.9 Å². The molecule has 0 aliphatic rings. The van der Waals surface area contributed by atoms with Gasteiger partial charge in [0.25, 0.3) is 0 Å². The Bertz CT molecular complexity index is 486. The molecule has 0 aromatic carbocycles. The van der Waals surface area contributed by atoms with E-state index in [2.05, 4.69) is 15.3 Å². The number of aromatic nitrogens is 2. The van der Waals surface area contributed by atoms with Gasteiger partial charge in [0.2, 0.25) is 0 Å². The second-order valence-corrected chi connectivity index (χ2v) is 4.08. The van der Waals surface area contributed by atoms with E-state index in [0.717, 1.165) is 11.3 Å². The summed E-state index contributed by atoms with van der Waals surface area (Å²) in [6, 6.07) is 0. The van der Waals surface area contributed by atoms with E-state index < -0.39 is 6.08 Å². The van der Waals surface area contributed by atoms with Crippen LogP contribution in [0.25, 0.3) is 0 Å². The number of thiophene rings is 1. The van der Waals surface area contributed by atoms with Gasteiger partial charge in [0.1, 0.15) is 5.02 Å². The summed E-state index contributed by atoms with van der Waals surface area (Å²) in [6.45, 7) is 1.95. The van der Waals surface area contributed by atoms with Crippen LogP contribution in [-0.4, -0.2) is 9.97 Å². The Morgan fingerprint density at radius 3 is 2.93 bits per heavy atom. The third-order valence-corrected chi connectivity index (χ3v) is 2.96. The molecule has 0 spiro atoms. The number of nitrogens with one attached hydrogen (secondary N) is 1. The molecule has 2 rings (SSSR count). The van der Waals surface area contributed by atoms with Crippen LogP contribution in [0.15, 0.2) is 17.0 Å². The van der Waals surface area contributed by atoms with Crippen LogP contribution < -0.4 is 5.32 Å². The van der Waals surface area contributed by atoms with Gasteiger partial charge < -0.3 is 5.32 Å². The summed E-state index contributed by atoms with van der Waals surface area (Å²) in [5, 5.41) is 7.13. The molecule has 0 saturated heterocycles. The van der Waals surface area contributed by atoms with Crippen molar-refractivity contribution in [1.29, 1.82) is 0 Å². The largest absolute Gasteiger partial charge is 0.338 e. The van der Waals surface area contributed by atoms with Crippen LogP contribution in [0.1, 0.15) is 5.56 Å². The third-order valence-electron chi connectivity index (χ3n) is 1.82. The van der Waals surface area contributed by atoms with Crippen molar-refractivity contribution in [3.8, 4) is 0 Å². The van der Waals surface area contributed by atoms with Gasteiger partial charge in [-0.1, -0.05) is 11.6 Å². The summed E-state index contributed by atoms with van der Waals surface area (Å²) < 4.78 is 12.8. The predicted octanol–water partition coefficient (Wildman–Crippen LogP) is 3.38. The summed E-state index contributed by atoms with van der Waals surface area (Å²) in [4.78, 5) is 6.92. The number of rotatable bonds is 2. The smallest absolute Gasteiger partial charge is 0.310 e. The number of anilines is 2. The minimum Gasteiger partial charge on any atom is -0.338 e. The molecule has 0 amide bonds. The maximum absolute atomic E-state index is 12.8. The normalized spacial score (nSPS) is 10.3. The fourth-order valence-electron chi connectivity index (χ4n) is 1.05. The van der Waals surface area contributed by atoms with E-state index in [9.17, 15) is 4.39 Å². The van der Waals surface area contributed by atoms with E-state index in [0.29, 0.717) is 5.02 Å². The fourth-order valence-corrected chi connectivity index (χ4v) is 1.97. The average molecular weight is 244 g/mol. The van der Waals surface area contributed by atoms with Gasteiger partial charge in [-0.3, -0.25) is 0 Å². The van der Waals surface area contributed by atoms with Crippen molar-refractivity contribution in [1.82, 2.24) is 9.97 Å². The summed E-state index contributed by atoms with van der Waals surface area (Å²) in [6.07, 6.45) is 0.434. The summed E-state index contributed by atoms with van der Waals surface area (Å²) >= 11 is 7.37. The van der Waals surface area contributed by atoms with Crippen LogP contribution in [0.2, 0.25) is 5.02 Å². The average Bonchev–Trinajstić information content (AvgIpc) is 2.58. The van der Waals surface area contributed by atoms with Crippen molar-refractivity contribution in [2.75, 3.05) is 5.32 Å². The maximum Gasteiger partial charge on any atom is 0.310 e. The van der Waals surface area contributed by atoms with Crippen molar-refractivity contribution >= 4 is 34.4 Å². The Morgan fingerprint density at radius 2 is 2.27 bits per heavy atom. The van der Waals surface area contributed by atoms with Crippen molar-refractivity contribution in [3.63, 3.8) is 0 Å². The number of halogens is 2. The molecule has 0 aliphatic carbocycles. The van der Waals surface area contributed by atoms with Crippen LogP contribution in [-0.2, 0) is 0 Å². The molecular formula is C9H7ClFN3S. The van der Waals surface area contributed by atoms with Crippen molar-refractivity contribution < 1.29 is 4.39 Å². The minimum atomic E-state index is -0.796. The number of aryl methyl sites for hydroxylation is 1. The van der Waals surface area contributed by atoms with Crippen molar-refractivity contribution in [2.24, 2.45) is 0 Å². The first-order chi connectivity index (χ1) is 7.16. The lowest BCUT2D eigenvalue weighted by molar-refractivity contribution is 0.540. The Morgan fingerprint density at radius 1 is 1.47 bits per heavy atom. The van der Waals surface area contributed by atoms with E-state index in [1.54, 1.807) is 11.3 Å². The lowest BCUT2D eigenvalue weighted by Crippen LogP contribution is -1.98. The van der Waals surface area contributed by atoms with E-state index in [-0.39, 0.29) is 5.82 Å². The molecule has 0 aliphatic heterocycles. The zero-order valence-electron chi connectivity index (χ0n) is 7.79. The van der Waals surface area contributed by atoms with E-state index in [4.69, 9.17) is 11.6 Å². The molecule has 3 nitrogen and oxygen atoms in total. The first-order valence-electron chi connectivity index (χ1n) is 4.14. The predicted molar refractivity (Wildman–Crippen MR) is 59.3 cm³/mol. The van der Waals surface area contributed by atoms with E-state index in [1.165, 1.54) is 6.20 Å². The Hall–Kier alpha value is -1.20. The van der Waals surface area contributed by atoms with E-state index in [1.807, 2.05) is 17.7 Å². The van der Waals surface area contributed by atoms with Crippen molar-refractivity contribution in [2.45, 2.75) is 6.92 Å². The Labute approximate surface area is 95.0 Å². The second kappa shape index (κ2) is 4.12. The molecule has 2 heterocycles. The third kappa shape index (κ3) is 2.24. The highest BCUT2D eigenvalue weighted by molar-refractivity contribution is 7.08. The SMILES string of the molecule is Cc1cscc1Nc1nc(F)ncc1Cl. The molecule has 6 heteroatoms. The number of hydrogen-bond donors (Lipinski definition) is 1. The number of nitrogens with zero attached hydrogens (tertiary/aromatic N) is 2. The molecule has 15 heavy (non-hydrogen) atoms. The van der Waals surface area contributed by atoms with Crippen LogP contribution in [0, 0.1) is 13.0 Å². The molecule has 0 atom stereocenters. The standard InChI is InChI=1S/C9H7ClFN3S/c1-5-3-15-4-7(5)13-8-6(10)2-12-9(11)14-8/h2-4H,1H3,(H,12,13,14). The van der Waals surface area contributed by atoms with Gasteiger partial charge in [-0.2, -0.15) is 9.37 Å². The van der Waals surface area contributed by atoms with Crippen molar-refractivity contribution in [3.05, 3.63) is 33.6 Å². The summed E-state index contributed by atoms with van der Waals surface area (Å²) in [5.74, 6) is 0.283. The zero-order chi connectivity index (χ0) is 10.8. The fraction of sp³-hybridized carbons (Fsp3) is 0.111. The molecule has 0 bridgehead atoms. The quantitative estimate of drug-likeness (QED) is 0.822.